The van der Waals surface area contributed by atoms with E-state index in [1.54, 1.807) is 7.05 Å². The van der Waals surface area contributed by atoms with Gasteiger partial charge in [-0.2, -0.15) is 0 Å². The maximum atomic E-state index is 11.4. The second kappa shape index (κ2) is 6.53. The van der Waals surface area contributed by atoms with Gasteiger partial charge in [0, 0.05) is 12.7 Å². The van der Waals surface area contributed by atoms with Crippen molar-refractivity contribution in [2.24, 2.45) is 0 Å². The first-order valence-corrected chi connectivity index (χ1v) is 7.42. The van der Waals surface area contributed by atoms with Crippen molar-refractivity contribution in [2.45, 2.75) is 16.5 Å². The maximum Gasteiger partial charge on any atom is 0.233 e. The molecule has 0 saturated carbocycles. The molecule has 0 saturated heterocycles. The van der Waals surface area contributed by atoms with Gasteiger partial charge in [0.25, 0.3) is 0 Å². The fraction of sp³-hybridized carbons (Fsp3) is 0.250. The number of hydrogen-bond donors (Lipinski definition) is 2. The first kappa shape index (κ1) is 13.8. The zero-order valence-electron chi connectivity index (χ0n) is 10.6. The lowest BCUT2D eigenvalue weighted by molar-refractivity contribution is -0.119. The number of carbonyl (C=O) groups is 1. The molecule has 2 rings (SSSR count). The number of carbonyl (C=O) groups excluding carboxylic acids is 1. The molecule has 1 atom stereocenters. The van der Waals surface area contributed by atoms with Crippen molar-refractivity contribution < 1.29 is 4.79 Å². The number of aromatic nitrogens is 2. The van der Waals surface area contributed by atoms with E-state index in [0.29, 0.717) is 0 Å². The Labute approximate surface area is 119 Å². The highest BCUT2D eigenvalue weighted by atomic mass is 32.2. The molecule has 0 aliphatic heterocycles. The standard InChI is InChI=1S/C12H14N4OS2/c1-8(10(17)13-2)18-12-16-15-11(19-12)14-9-6-4-3-5-7-9/h3-8H,1-2H3,(H,13,17)(H,14,15). The van der Waals surface area contributed by atoms with Crippen LogP contribution in [0.25, 0.3) is 0 Å². The van der Waals surface area contributed by atoms with E-state index < -0.39 is 0 Å². The quantitative estimate of drug-likeness (QED) is 0.829. The van der Waals surface area contributed by atoms with Crippen LogP contribution >= 0.6 is 23.1 Å². The Kier molecular flexibility index (Phi) is 4.75. The fourth-order valence-corrected chi connectivity index (χ4v) is 3.34. The first-order valence-electron chi connectivity index (χ1n) is 5.73. The molecule has 1 amide bonds. The highest BCUT2D eigenvalue weighted by Crippen LogP contribution is 2.30. The van der Waals surface area contributed by atoms with Crippen molar-refractivity contribution in [3.63, 3.8) is 0 Å². The summed E-state index contributed by atoms with van der Waals surface area (Å²) in [5.74, 6) is -0.0160. The molecule has 0 aliphatic rings. The minimum Gasteiger partial charge on any atom is -0.358 e. The van der Waals surface area contributed by atoms with Gasteiger partial charge in [-0.15, -0.1) is 10.2 Å². The number of thioether (sulfide) groups is 1. The number of hydrogen-bond acceptors (Lipinski definition) is 6. The second-order valence-electron chi connectivity index (χ2n) is 3.74. The number of nitrogens with one attached hydrogen (secondary N) is 2. The third-order valence-corrected chi connectivity index (χ3v) is 4.35. The molecule has 1 heterocycles. The van der Waals surface area contributed by atoms with Crippen LogP contribution in [0.5, 0.6) is 0 Å². The van der Waals surface area contributed by atoms with E-state index in [0.717, 1.165) is 15.2 Å². The van der Waals surface area contributed by atoms with Crippen LogP contribution in [0.3, 0.4) is 0 Å². The van der Waals surface area contributed by atoms with Crippen molar-refractivity contribution in [1.82, 2.24) is 15.5 Å². The smallest absolute Gasteiger partial charge is 0.233 e. The van der Waals surface area contributed by atoms with Crippen LogP contribution in [0.1, 0.15) is 6.92 Å². The lowest BCUT2D eigenvalue weighted by Crippen LogP contribution is -2.27. The Morgan fingerprint density at radius 3 is 2.74 bits per heavy atom. The monoisotopic (exact) mass is 294 g/mol. The molecular weight excluding hydrogens is 280 g/mol. The van der Waals surface area contributed by atoms with Gasteiger partial charge >= 0.3 is 0 Å². The number of anilines is 2. The van der Waals surface area contributed by atoms with E-state index in [-0.39, 0.29) is 11.2 Å². The largest absolute Gasteiger partial charge is 0.358 e. The van der Waals surface area contributed by atoms with Crippen molar-refractivity contribution >= 4 is 39.8 Å². The molecule has 2 N–H and O–H groups in total. The van der Waals surface area contributed by atoms with Crippen molar-refractivity contribution in [3.8, 4) is 0 Å². The number of nitrogens with zero attached hydrogens (tertiary/aromatic N) is 2. The summed E-state index contributed by atoms with van der Waals surface area (Å²) in [5.41, 5.74) is 0.967. The summed E-state index contributed by atoms with van der Waals surface area (Å²) in [6, 6.07) is 9.78. The van der Waals surface area contributed by atoms with Crippen LogP contribution in [0.4, 0.5) is 10.8 Å². The molecule has 0 aliphatic carbocycles. The molecule has 2 aromatic rings. The van der Waals surface area contributed by atoms with E-state index in [1.807, 2.05) is 37.3 Å². The number of rotatable bonds is 5. The highest BCUT2D eigenvalue weighted by molar-refractivity contribution is 8.02. The molecule has 7 heteroatoms. The Balaban J connectivity index is 1.98. The Bertz CT molecular complexity index is 544. The normalized spacial score (nSPS) is 11.9. The van der Waals surface area contributed by atoms with Crippen LogP contribution in [0.2, 0.25) is 0 Å². The zero-order chi connectivity index (χ0) is 13.7. The average molecular weight is 294 g/mol. The SMILES string of the molecule is CNC(=O)C(C)Sc1nnc(Nc2ccccc2)s1. The lowest BCUT2D eigenvalue weighted by Gasteiger charge is -2.05. The summed E-state index contributed by atoms with van der Waals surface area (Å²) in [7, 11) is 1.63. The Hall–Kier alpha value is -1.60. The Morgan fingerprint density at radius 1 is 1.32 bits per heavy atom. The molecule has 0 fully saturated rings. The van der Waals surface area contributed by atoms with E-state index >= 15 is 0 Å². The molecule has 0 bridgehead atoms. The first-order chi connectivity index (χ1) is 9.19. The molecule has 1 aromatic carbocycles. The van der Waals surface area contributed by atoms with Crippen molar-refractivity contribution in [1.29, 1.82) is 0 Å². The number of benzene rings is 1. The summed E-state index contributed by atoms with van der Waals surface area (Å²) in [5, 5.41) is 14.4. The molecule has 100 valence electrons. The van der Waals surface area contributed by atoms with Gasteiger partial charge in [-0.05, 0) is 19.1 Å². The Morgan fingerprint density at radius 2 is 2.05 bits per heavy atom. The van der Waals surface area contributed by atoms with Gasteiger partial charge in [-0.1, -0.05) is 41.3 Å². The van der Waals surface area contributed by atoms with Crippen LogP contribution in [-0.2, 0) is 4.79 Å². The summed E-state index contributed by atoms with van der Waals surface area (Å²) in [6.45, 7) is 1.84. The molecule has 0 spiro atoms. The van der Waals surface area contributed by atoms with Crippen LogP contribution in [0.15, 0.2) is 34.7 Å². The third-order valence-electron chi connectivity index (χ3n) is 2.32. The molecule has 1 unspecified atom stereocenters. The minimum absolute atomic E-state index is 0.0160. The van der Waals surface area contributed by atoms with Crippen molar-refractivity contribution in [2.75, 3.05) is 12.4 Å². The summed E-state index contributed by atoms with van der Waals surface area (Å²) in [6.07, 6.45) is 0. The summed E-state index contributed by atoms with van der Waals surface area (Å²) in [4.78, 5) is 11.4. The zero-order valence-corrected chi connectivity index (χ0v) is 12.2. The van der Waals surface area contributed by atoms with Gasteiger partial charge in [0.05, 0.1) is 5.25 Å². The van der Waals surface area contributed by atoms with Crippen LogP contribution in [-0.4, -0.2) is 28.4 Å². The molecule has 5 nitrogen and oxygen atoms in total. The summed E-state index contributed by atoms with van der Waals surface area (Å²) < 4.78 is 0.773. The van der Waals surface area contributed by atoms with Gasteiger partial charge in [-0.3, -0.25) is 4.79 Å². The predicted molar refractivity (Wildman–Crippen MR) is 79.0 cm³/mol. The lowest BCUT2D eigenvalue weighted by atomic mass is 10.3. The predicted octanol–water partition coefficient (Wildman–Crippen LogP) is 2.51. The number of para-hydroxylation sites is 1. The van der Waals surface area contributed by atoms with E-state index in [1.165, 1.54) is 23.1 Å². The molecular formula is C12H14N4OS2. The maximum absolute atomic E-state index is 11.4. The minimum atomic E-state index is -0.178. The summed E-state index contributed by atoms with van der Waals surface area (Å²) >= 11 is 2.83. The van der Waals surface area contributed by atoms with Crippen LogP contribution < -0.4 is 10.6 Å². The highest BCUT2D eigenvalue weighted by Gasteiger charge is 2.15. The van der Waals surface area contributed by atoms with E-state index in [4.69, 9.17) is 0 Å². The number of amides is 1. The van der Waals surface area contributed by atoms with E-state index in [9.17, 15) is 4.79 Å². The topological polar surface area (TPSA) is 66.9 Å². The van der Waals surface area contributed by atoms with Gasteiger partial charge in [0.15, 0.2) is 4.34 Å². The fourth-order valence-electron chi connectivity index (χ4n) is 1.36. The van der Waals surface area contributed by atoms with Gasteiger partial charge in [0.2, 0.25) is 11.0 Å². The van der Waals surface area contributed by atoms with Crippen LogP contribution in [0, 0.1) is 0 Å². The van der Waals surface area contributed by atoms with Crippen molar-refractivity contribution in [3.05, 3.63) is 30.3 Å². The third kappa shape index (κ3) is 3.93. The van der Waals surface area contributed by atoms with Gasteiger partial charge in [-0.25, -0.2) is 0 Å². The van der Waals surface area contributed by atoms with Gasteiger partial charge < -0.3 is 10.6 Å². The van der Waals surface area contributed by atoms with E-state index in [2.05, 4.69) is 20.8 Å². The van der Waals surface area contributed by atoms with Gasteiger partial charge in [0.1, 0.15) is 0 Å². The molecule has 19 heavy (non-hydrogen) atoms. The second-order valence-corrected chi connectivity index (χ2v) is 6.30. The molecule has 1 aromatic heterocycles. The molecule has 0 radical (unpaired) electrons. The average Bonchev–Trinajstić information content (AvgIpc) is 2.86.